The minimum atomic E-state index is -0.441. The van der Waals surface area contributed by atoms with E-state index < -0.39 is 4.92 Å². The molecule has 1 aromatic carbocycles. The summed E-state index contributed by atoms with van der Waals surface area (Å²) in [5.41, 5.74) is 0.576. The fourth-order valence-electron chi connectivity index (χ4n) is 1.14. The zero-order valence-corrected chi connectivity index (χ0v) is 8.62. The molecule has 78 valence electrons. The second-order valence-corrected chi connectivity index (χ2v) is 3.27. The third kappa shape index (κ3) is 3.24. The number of nitro groups is 1. The molecule has 0 amide bonds. The maximum absolute atomic E-state index is 10.7. The van der Waals surface area contributed by atoms with Crippen molar-refractivity contribution in [3.63, 3.8) is 0 Å². The number of nitrogens with zero attached hydrogens (tertiary/aromatic N) is 1. The van der Waals surface area contributed by atoms with Gasteiger partial charge in [-0.1, -0.05) is 17.5 Å². The predicted molar refractivity (Wildman–Crippen MR) is 58.6 cm³/mol. The lowest BCUT2D eigenvalue weighted by molar-refractivity contribution is -0.385. The number of halogens is 1. The molecule has 15 heavy (non-hydrogen) atoms. The summed E-state index contributed by atoms with van der Waals surface area (Å²) in [5, 5.41) is 14.0. The smallest absolute Gasteiger partial charge is 0.273 e. The summed E-state index contributed by atoms with van der Waals surface area (Å²) in [6.45, 7) is 0.699. The van der Waals surface area contributed by atoms with Gasteiger partial charge in [-0.25, -0.2) is 0 Å². The largest absolute Gasteiger partial charge is 0.302 e. The van der Waals surface area contributed by atoms with Crippen LogP contribution in [-0.4, -0.2) is 11.5 Å². The molecular formula is C10H9ClN2O2. The van der Waals surface area contributed by atoms with Gasteiger partial charge in [0.25, 0.3) is 5.69 Å². The van der Waals surface area contributed by atoms with E-state index in [1.165, 1.54) is 12.1 Å². The Hall–Kier alpha value is -1.57. The second-order valence-electron chi connectivity index (χ2n) is 2.84. The normalized spacial score (nSPS) is 9.60. The number of nitro benzene ring substituents is 1. The third-order valence-electron chi connectivity index (χ3n) is 1.78. The average molecular weight is 225 g/mol. The summed E-state index contributed by atoms with van der Waals surface area (Å²) >= 11 is 5.74. The van der Waals surface area contributed by atoms with Crippen molar-refractivity contribution in [1.29, 1.82) is 0 Å². The maximum Gasteiger partial charge on any atom is 0.273 e. The third-order valence-corrected chi connectivity index (χ3v) is 2.02. The van der Waals surface area contributed by atoms with Gasteiger partial charge >= 0.3 is 0 Å². The van der Waals surface area contributed by atoms with Crippen LogP contribution in [0.5, 0.6) is 0 Å². The van der Waals surface area contributed by atoms with Gasteiger partial charge in [-0.15, -0.1) is 6.42 Å². The molecule has 0 saturated carbocycles. The van der Waals surface area contributed by atoms with Crippen molar-refractivity contribution in [3.8, 4) is 12.3 Å². The van der Waals surface area contributed by atoms with Gasteiger partial charge in [0.15, 0.2) is 0 Å². The molecule has 0 atom stereocenters. The molecule has 0 bridgehead atoms. The molecule has 0 saturated heterocycles. The standard InChI is InChI=1S/C10H9ClN2O2/c1-2-5-12-7-8-6-9(11)3-4-10(8)13(14)15/h1,3-4,6,12H,5,7H2. The zero-order chi connectivity index (χ0) is 11.3. The number of benzene rings is 1. The molecule has 0 aliphatic carbocycles. The highest BCUT2D eigenvalue weighted by Crippen LogP contribution is 2.22. The molecular weight excluding hydrogens is 216 g/mol. The molecule has 0 unspecified atom stereocenters. The highest BCUT2D eigenvalue weighted by molar-refractivity contribution is 6.30. The van der Waals surface area contributed by atoms with Crippen molar-refractivity contribution in [3.05, 3.63) is 38.9 Å². The van der Waals surface area contributed by atoms with E-state index >= 15 is 0 Å². The monoisotopic (exact) mass is 224 g/mol. The number of nitrogens with one attached hydrogen (secondary N) is 1. The minimum absolute atomic E-state index is 0.0453. The van der Waals surface area contributed by atoms with Gasteiger partial charge in [0.2, 0.25) is 0 Å². The van der Waals surface area contributed by atoms with Gasteiger partial charge in [-0.3, -0.25) is 10.1 Å². The van der Waals surface area contributed by atoms with Gasteiger partial charge in [0.1, 0.15) is 0 Å². The van der Waals surface area contributed by atoms with Crippen molar-refractivity contribution in [2.24, 2.45) is 0 Å². The van der Waals surface area contributed by atoms with E-state index in [0.717, 1.165) is 0 Å². The Balaban J connectivity index is 2.88. The Morgan fingerprint density at radius 3 is 2.93 bits per heavy atom. The van der Waals surface area contributed by atoms with Crippen molar-refractivity contribution in [2.45, 2.75) is 6.54 Å². The lowest BCUT2D eigenvalue weighted by Gasteiger charge is -2.03. The zero-order valence-electron chi connectivity index (χ0n) is 7.87. The highest BCUT2D eigenvalue weighted by atomic mass is 35.5. The van der Waals surface area contributed by atoms with Crippen LogP contribution in [0.4, 0.5) is 5.69 Å². The fraction of sp³-hybridized carbons (Fsp3) is 0.200. The molecule has 0 spiro atoms. The van der Waals surface area contributed by atoms with Crippen LogP contribution in [0, 0.1) is 22.5 Å². The maximum atomic E-state index is 10.7. The number of terminal acetylenes is 1. The highest BCUT2D eigenvalue weighted by Gasteiger charge is 2.12. The first-order valence-electron chi connectivity index (χ1n) is 4.22. The van der Waals surface area contributed by atoms with Crippen LogP contribution in [0.1, 0.15) is 5.56 Å². The molecule has 0 aromatic heterocycles. The van der Waals surface area contributed by atoms with Gasteiger partial charge in [-0.2, -0.15) is 0 Å². The molecule has 0 radical (unpaired) electrons. The van der Waals surface area contributed by atoms with E-state index in [9.17, 15) is 10.1 Å². The van der Waals surface area contributed by atoms with Crippen LogP contribution in [0.15, 0.2) is 18.2 Å². The number of rotatable bonds is 4. The quantitative estimate of drug-likeness (QED) is 0.368. The topological polar surface area (TPSA) is 55.2 Å². The van der Waals surface area contributed by atoms with Crippen LogP contribution in [-0.2, 0) is 6.54 Å². The average Bonchev–Trinajstić information content (AvgIpc) is 2.18. The fourth-order valence-corrected chi connectivity index (χ4v) is 1.34. The van der Waals surface area contributed by atoms with E-state index in [4.69, 9.17) is 18.0 Å². The van der Waals surface area contributed by atoms with Crippen molar-refractivity contribution in [1.82, 2.24) is 5.32 Å². The van der Waals surface area contributed by atoms with Gasteiger partial charge in [-0.05, 0) is 12.1 Å². The lowest BCUT2D eigenvalue weighted by Crippen LogP contribution is -2.14. The van der Waals surface area contributed by atoms with Crippen LogP contribution in [0.25, 0.3) is 0 Å². The summed E-state index contributed by atoms with van der Waals surface area (Å²) in [6, 6.07) is 4.43. The van der Waals surface area contributed by atoms with Gasteiger partial charge in [0, 0.05) is 23.2 Å². The molecule has 1 aromatic rings. The van der Waals surface area contributed by atoms with E-state index in [0.29, 0.717) is 23.7 Å². The minimum Gasteiger partial charge on any atom is -0.302 e. The van der Waals surface area contributed by atoms with E-state index in [1.807, 2.05) is 0 Å². The van der Waals surface area contributed by atoms with E-state index in [2.05, 4.69) is 11.2 Å². The first kappa shape index (κ1) is 11.5. The Bertz CT molecular complexity index is 412. The van der Waals surface area contributed by atoms with Crippen molar-refractivity contribution < 1.29 is 4.92 Å². The molecule has 1 rings (SSSR count). The molecule has 4 nitrogen and oxygen atoms in total. The lowest BCUT2D eigenvalue weighted by atomic mass is 10.2. The van der Waals surface area contributed by atoms with Crippen LogP contribution in [0.3, 0.4) is 0 Å². The van der Waals surface area contributed by atoms with E-state index in [-0.39, 0.29) is 5.69 Å². The molecule has 0 heterocycles. The Morgan fingerprint density at radius 2 is 2.33 bits per heavy atom. The van der Waals surface area contributed by atoms with E-state index in [1.54, 1.807) is 6.07 Å². The Morgan fingerprint density at radius 1 is 1.60 bits per heavy atom. The second kappa shape index (κ2) is 5.35. The van der Waals surface area contributed by atoms with Crippen LogP contribution in [0.2, 0.25) is 5.02 Å². The molecule has 0 fully saturated rings. The number of hydrogen-bond acceptors (Lipinski definition) is 3. The summed E-state index contributed by atoms with van der Waals surface area (Å²) in [5.74, 6) is 2.39. The first-order chi connectivity index (χ1) is 7.15. The van der Waals surface area contributed by atoms with Gasteiger partial charge < -0.3 is 5.32 Å². The predicted octanol–water partition coefficient (Wildman–Crippen LogP) is 1.97. The van der Waals surface area contributed by atoms with Crippen molar-refractivity contribution in [2.75, 3.05) is 6.54 Å². The first-order valence-corrected chi connectivity index (χ1v) is 4.60. The number of hydrogen-bond donors (Lipinski definition) is 1. The molecule has 1 N–H and O–H groups in total. The molecule has 0 aliphatic rings. The molecule has 0 aliphatic heterocycles. The summed E-state index contributed by atoms with van der Waals surface area (Å²) in [6.07, 6.45) is 5.05. The summed E-state index contributed by atoms with van der Waals surface area (Å²) < 4.78 is 0. The summed E-state index contributed by atoms with van der Waals surface area (Å²) in [7, 11) is 0. The Labute approximate surface area is 92.4 Å². The van der Waals surface area contributed by atoms with Crippen LogP contribution >= 0.6 is 11.6 Å². The Kier molecular flexibility index (Phi) is 4.10. The van der Waals surface area contributed by atoms with Crippen LogP contribution < -0.4 is 5.32 Å². The SMILES string of the molecule is C#CCNCc1cc(Cl)ccc1[N+](=O)[O-]. The summed E-state index contributed by atoms with van der Waals surface area (Å²) in [4.78, 5) is 10.2. The van der Waals surface area contributed by atoms with Crippen molar-refractivity contribution >= 4 is 17.3 Å². The molecule has 5 heteroatoms. The van der Waals surface area contributed by atoms with Gasteiger partial charge in [0.05, 0.1) is 11.5 Å².